The van der Waals surface area contributed by atoms with E-state index in [1.54, 1.807) is 105 Å². The summed E-state index contributed by atoms with van der Waals surface area (Å²) in [6, 6.07) is 38.8. The van der Waals surface area contributed by atoms with E-state index in [1.807, 2.05) is 38.1 Å². The molecule has 0 saturated carbocycles. The number of phenolic OH excluding ortho intramolecular Hbond substituents is 1. The zero-order valence-corrected chi connectivity index (χ0v) is 54.1. The highest BCUT2D eigenvalue weighted by molar-refractivity contribution is 5.93. The molecule has 24 nitrogen and oxygen atoms in total. The van der Waals surface area contributed by atoms with Gasteiger partial charge >= 0.3 is 41.8 Å². The summed E-state index contributed by atoms with van der Waals surface area (Å²) in [6.07, 6.45) is 0. The third-order valence-electron chi connectivity index (χ3n) is 11.8. The number of methoxy groups -OCH3 is 16. The van der Waals surface area contributed by atoms with Crippen molar-refractivity contribution in [1.29, 1.82) is 0 Å². The Hall–Kier alpha value is -11.2. The van der Waals surface area contributed by atoms with Crippen LogP contribution in [0.1, 0.15) is 83.6 Å². The predicted molar refractivity (Wildman–Crippen MR) is 335 cm³/mol. The van der Waals surface area contributed by atoms with Crippen LogP contribution in [0.3, 0.4) is 0 Å². The van der Waals surface area contributed by atoms with E-state index in [1.165, 1.54) is 124 Å². The van der Waals surface area contributed by atoms with Crippen molar-refractivity contribution in [2.24, 2.45) is 0 Å². The molecule has 91 heavy (non-hydrogen) atoms. The molecule has 0 atom stereocenters. The fourth-order valence-corrected chi connectivity index (χ4v) is 6.96. The van der Waals surface area contributed by atoms with Crippen molar-refractivity contribution in [1.82, 2.24) is 0 Å². The molecule has 1 N–H and O–H groups in total. The summed E-state index contributed by atoms with van der Waals surface area (Å²) in [5, 5.41) is 9.57. The number of rotatable bonds is 16. The third-order valence-corrected chi connectivity index (χ3v) is 11.8. The minimum absolute atomic E-state index is 0.146. The van der Waals surface area contributed by atoms with Crippen LogP contribution in [0.4, 0.5) is 0 Å². The summed E-state index contributed by atoms with van der Waals surface area (Å²) >= 11 is 0. The first-order valence-electron chi connectivity index (χ1n) is 26.5. The topological polar surface area (TPSA) is 287 Å². The molecule has 0 fully saturated rings. The first-order chi connectivity index (χ1) is 43.6. The fraction of sp³-hybridized carbons (Fsp3) is 0.269. The first kappa shape index (κ1) is 77.8. The number of carbonyl (C=O) groups excluding carboxylic acids is 7. The van der Waals surface area contributed by atoms with Crippen molar-refractivity contribution in [2.45, 2.75) is 13.8 Å². The van der Waals surface area contributed by atoms with Gasteiger partial charge in [-0.25, -0.2) is 33.6 Å². The molecule has 7 aromatic rings. The molecule has 7 rings (SSSR count). The molecule has 0 aromatic heterocycles. The van der Waals surface area contributed by atoms with E-state index in [9.17, 15) is 38.7 Å². The highest BCUT2D eigenvalue weighted by atomic mass is 16.6. The second-order valence-corrected chi connectivity index (χ2v) is 17.3. The largest absolute Gasteiger partial charge is 0.502 e. The molecule has 0 amide bonds. The quantitative estimate of drug-likeness (QED) is 0.0695. The molecule has 0 aliphatic carbocycles. The lowest BCUT2D eigenvalue weighted by molar-refractivity contribution is 0.0591. The van der Waals surface area contributed by atoms with Gasteiger partial charge in [-0.05, 0) is 116 Å². The van der Waals surface area contributed by atoms with Gasteiger partial charge in [-0.3, -0.25) is 0 Å². The number of phenols is 1. The van der Waals surface area contributed by atoms with Gasteiger partial charge in [0.15, 0.2) is 34.5 Å². The smallest absolute Gasteiger partial charge is 0.338 e. The Labute approximate surface area is 529 Å². The number of aryl methyl sites for hydroxylation is 2. The van der Waals surface area contributed by atoms with Gasteiger partial charge in [0.1, 0.15) is 11.5 Å². The zero-order chi connectivity index (χ0) is 68.6. The first-order valence-corrected chi connectivity index (χ1v) is 26.5. The summed E-state index contributed by atoms with van der Waals surface area (Å²) in [7, 11) is 22.8. The Morgan fingerprint density at radius 3 is 0.967 bits per heavy atom. The molecule has 0 aliphatic heterocycles. The Bertz CT molecular complexity index is 3360. The molecular weight excluding hydrogens is 1190 g/mol. The lowest BCUT2D eigenvalue weighted by Gasteiger charge is -2.13. The molecule has 0 saturated heterocycles. The molecule has 490 valence electrons. The van der Waals surface area contributed by atoms with E-state index in [2.05, 4.69) is 33.2 Å². The van der Waals surface area contributed by atoms with Gasteiger partial charge in [0.05, 0.1) is 153 Å². The van der Waals surface area contributed by atoms with E-state index >= 15 is 0 Å². The van der Waals surface area contributed by atoms with Gasteiger partial charge in [0.2, 0.25) is 11.5 Å². The van der Waals surface area contributed by atoms with E-state index in [-0.39, 0.29) is 46.7 Å². The zero-order valence-electron chi connectivity index (χ0n) is 54.1. The lowest BCUT2D eigenvalue weighted by Crippen LogP contribution is -2.03. The normalized spacial score (nSPS) is 9.34. The van der Waals surface area contributed by atoms with Crippen LogP contribution in [0.25, 0.3) is 0 Å². The SMILES string of the molecule is COC(=O)c1cc(OC)c(O)c(OC)c1.COC(=O)c1cc(OC)c(OC)c(OC)c1.COC(=O)c1ccc(C)c(OC)c1.COC(=O)c1ccc(C)cc1.COC(=O)c1ccc(OC)c(OC)c1.COC(=O)c1cccc(OC)c1.COC(=O)c1ccccc1. The Morgan fingerprint density at radius 1 is 0.264 bits per heavy atom. The van der Waals surface area contributed by atoms with Crippen LogP contribution < -0.4 is 42.6 Å². The van der Waals surface area contributed by atoms with Crippen LogP contribution in [-0.2, 0) is 33.2 Å². The minimum atomic E-state index is -0.522. The van der Waals surface area contributed by atoms with Crippen LogP contribution in [-0.4, -0.2) is 161 Å². The lowest BCUT2D eigenvalue weighted by atomic mass is 10.1. The van der Waals surface area contributed by atoms with Crippen LogP contribution in [0.15, 0.2) is 140 Å². The fourth-order valence-electron chi connectivity index (χ4n) is 6.96. The van der Waals surface area contributed by atoms with Crippen molar-refractivity contribution in [2.75, 3.05) is 114 Å². The van der Waals surface area contributed by atoms with Gasteiger partial charge in [-0.2, -0.15) is 0 Å². The average molecular weight is 1270 g/mol. The van der Waals surface area contributed by atoms with Crippen LogP contribution in [0.5, 0.6) is 57.5 Å². The maximum absolute atomic E-state index is 11.4. The number of hydrogen-bond acceptors (Lipinski definition) is 24. The summed E-state index contributed by atoms with van der Waals surface area (Å²) in [6.45, 7) is 3.89. The van der Waals surface area contributed by atoms with Crippen molar-refractivity contribution < 1.29 is 114 Å². The van der Waals surface area contributed by atoms with Crippen molar-refractivity contribution in [3.05, 3.63) is 190 Å². The number of esters is 7. The second-order valence-electron chi connectivity index (χ2n) is 17.3. The summed E-state index contributed by atoms with van der Waals surface area (Å²) in [5.74, 6) is 1.24. The van der Waals surface area contributed by atoms with Crippen LogP contribution >= 0.6 is 0 Å². The van der Waals surface area contributed by atoms with Crippen molar-refractivity contribution in [3.63, 3.8) is 0 Å². The van der Waals surface area contributed by atoms with Crippen molar-refractivity contribution >= 4 is 41.8 Å². The van der Waals surface area contributed by atoms with Crippen LogP contribution in [0, 0.1) is 13.8 Å². The molecule has 0 aliphatic rings. The predicted octanol–water partition coefficient (Wildman–Crippen LogP) is 10.7. The molecule has 0 spiro atoms. The molecule has 7 aromatic carbocycles. The Balaban J connectivity index is 0.000000533. The average Bonchev–Trinajstić information content (AvgIpc) is 2.60. The molecule has 0 bridgehead atoms. The second kappa shape index (κ2) is 42.6. The van der Waals surface area contributed by atoms with E-state index < -0.39 is 17.9 Å². The Morgan fingerprint density at radius 2 is 0.582 bits per heavy atom. The summed E-state index contributed by atoms with van der Waals surface area (Å²) < 4.78 is 77.1. The van der Waals surface area contributed by atoms with Gasteiger partial charge < -0.3 is 80.9 Å². The number of carbonyl (C=O) groups is 7. The highest BCUT2D eigenvalue weighted by Gasteiger charge is 2.18. The molecule has 0 radical (unpaired) electrons. The van der Waals surface area contributed by atoms with Gasteiger partial charge in [-0.1, -0.05) is 48.0 Å². The maximum atomic E-state index is 11.4. The number of aromatic hydroxyl groups is 1. The monoisotopic (exact) mass is 1270 g/mol. The highest BCUT2D eigenvalue weighted by Crippen LogP contribution is 2.39. The maximum Gasteiger partial charge on any atom is 0.338 e. The summed E-state index contributed by atoms with van der Waals surface area (Å²) in [4.78, 5) is 77.6. The van der Waals surface area contributed by atoms with E-state index in [4.69, 9.17) is 42.6 Å². The molecule has 0 unspecified atom stereocenters. The molecule has 0 heterocycles. The van der Waals surface area contributed by atoms with Gasteiger partial charge in [0.25, 0.3) is 0 Å². The van der Waals surface area contributed by atoms with Crippen LogP contribution in [0.2, 0.25) is 0 Å². The third kappa shape index (κ3) is 25.6. The van der Waals surface area contributed by atoms with Gasteiger partial charge in [0, 0.05) is 0 Å². The van der Waals surface area contributed by atoms with Crippen molar-refractivity contribution in [3.8, 4) is 57.5 Å². The van der Waals surface area contributed by atoms with Gasteiger partial charge in [-0.15, -0.1) is 0 Å². The minimum Gasteiger partial charge on any atom is -0.502 e. The molecular formula is C67H78O24. The number of benzene rings is 7. The standard InChI is InChI=1S/C11H14O5.C10H12O5.C10H12O4.C10H12O3.C9H10O3.C9H10O2.C8H8O2/c1-13-8-5-7(11(12)16-4)6-9(14-2)10(8)15-3;1-13-7-4-6(10(12)15-3)5-8(14-2)9(7)11;1-12-8-5-4-7(10(11)14-3)6-9(8)13-2;1-7-4-5-8(10(11)13-3)6-9(7)12-2;1-11-8-5-3-4-7(6-8)9(10)12-2;1-7-3-5-8(6-4-7)9(10)11-2;1-10-8(9)7-5-3-2-4-6-7/h5-6H,1-4H3;4-5,11H,1-3H3;4-6H,1-3H3;4-6H,1-3H3;3-6H,1-2H3;3-6H,1-2H3;2-6H,1H3. The van der Waals surface area contributed by atoms with E-state index in [0.29, 0.717) is 73.6 Å². The number of hydrogen-bond donors (Lipinski definition) is 1. The summed E-state index contributed by atoms with van der Waals surface area (Å²) in [5.41, 5.74) is 5.35. The Kier molecular flexibility index (Phi) is 36.5. The van der Waals surface area contributed by atoms with E-state index in [0.717, 1.165) is 11.1 Å². The number of ether oxygens (including phenoxy) is 16. The molecule has 24 heteroatoms.